The van der Waals surface area contributed by atoms with Crippen molar-refractivity contribution in [1.29, 1.82) is 0 Å². The minimum Gasteiger partial charge on any atom is -0.267 e. The van der Waals surface area contributed by atoms with Crippen molar-refractivity contribution in [3.8, 4) is 0 Å². The van der Waals surface area contributed by atoms with E-state index >= 15 is 0 Å². The zero-order chi connectivity index (χ0) is 13.3. The first-order valence-corrected chi connectivity index (χ1v) is 6.09. The molecule has 0 aliphatic carbocycles. The summed E-state index contributed by atoms with van der Waals surface area (Å²) in [6.07, 6.45) is 0. The maximum atomic E-state index is 11.8. The molecule has 0 radical (unpaired) electrons. The number of nitroso groups, excluding NO2 is 1. The van der Waals surface area contributed by atoms with Gasteiger partial charge in [-0.25, -0.2) is 4.21 Å². The van der Waals surface area contributed by atoms with Crippen molar-refractivity contribution in [2.24, 2.45) is 9.68 Å². The quantitative estimate of drug-likeness (QED) is 0.615. The van der Waals surface area contributed by atoms with E-state index in [4.69, 9.17) is 0 Å². The molecule has 0 aromatic heterocycles. The lowest BCUT2D eigenvalue weighted by molar-refractivity contribution is -0.114. The lowest BCUT2D eigenvalue weighted by atomic mass is 10.2. The van der Waals surface area contributed by atoms with Crippen LogP contribution in [0.15, 0.2) is 51.0 Å². The fraction of sp³-hybridized carbons (Fsp3) is 0.0909. The predicted octanol–water partition coefficient (Wildman–Crippen LogP) is 1.75. The van der Waals surface area contributed by atoms with Crippen LogP contribution in [0, 0.1) is 4.91 Å². The van der Waals surface area contributed by atoms with E-state index in [0.717, 1.165) is 0 Å². The third-order valence-electron chi connectivity index (χ3n) is 2.49. The fourth-order valence-electron chi connectivity index (χ4n) is 1.46. The molecule has 6 nitrogen and oxygen atoms in total. The Labute approximate surface area is 106 Å². The number of nitrogens with zero attached hydrogens (tertiary/aromatic N) is 3. The fourth-order valence-corrected chi connectivity index (χ4v) is 1.92. The molecular weight excluding hydrogens is 254 g/mol. The SMILES string of the molecule is C=C1C(=O)N(c2ccc(S(=O)N=O)cc2)N=C1C. The van der Waals surface area contributed by atoms with Gasteiger partial charge < -0.3 is 0 Å². The largest absolute Gasteiger partial charge is 0.280 e. The van der Waals surface area contributed by atoms with E-state index in [0.29, 0.717) is 17.0 Å². The molecule has 0 bridgehead atoms. The minimum atomic E-state index is -1.91. The van der Waals surface area contributed by atoms with E-state index in [-0.39, 0.29) is 10.8 Å². The number of benzene rings is 1. The highest BCUT2D eigenvalue weighted by Crippen LogP contribution is 2.23. The Morgan fingerprint density at radius 2 is 1.94 bits per heavy atom. The second-order valence-corrected chi connectivity index (χ2v) is 4.72. The van der Waals surface area contributed by atoms with Crippen LogP contribution in [-0.4, -0.2) is 15.8 Å². The number of rotatable bonds is 3. The average Bonchev–Trinajstić information content (AvgIpc) is 2.66. The summed E-state index contributed by atoms with van der Waals surface area (Å²) in [7, 11) is -1.91. The Kier molecular flexibility index (Phi) is 3.15. The molecule has 0 saturated carbocycles. The molecule has 1 atom stereocenters. The van der Waals surface area contributed by atoms with Crippen LogP contribution in [0.1, 0.15) is 6.92 Å². The Bertz CT molecular complexity index is 592. The van der Waals surface area contributed by atoms with E-state index < -0.39 is 11.0 Å². The Hall–Kier alpha value is -2.15. The van der Waals surface area contributed by atoms with Crippen molar-refractivity contribution < 1.29 is 9.00 Å². The third-order valence-corrected chi connectivity index (χ3v) is 3.30. The van der Waals surface area contributed by atoms with Crippen molar-refractivity contribution >= 4 is 28.3 Å². The highest BCUT2D eigenvalue weighted by atomic mass is 32.2. The van der Waals surface area contributed by atoms with Gasteiger partial charge in [0.05, 0.1) is 21.9 Å². The highest BCUT2D eigenvalue weighted by Gasteiger charge is 2.26. The summed E-state index contributed by atoms with van der Waals surface area (Å²) in [5, 5.41) is 5.26. The molecule has 1 aromatic carbocycles. The molecule has 1 heterocycles. The lowest BCUT2D eigenvalue weighted by Crippen LogP contribution is -2.20. The predicted molar refractivity (Wildman–Crippen MR) is 68.4 cm³/mol. The van der Waals surface area contributed by atoms with Crippen molar-refractivity contribution in [2.75, 3.05) is 5.01 Å². The standard InChI is InChI=1S/C11H9N3O3S/c1-7-8(2)12-14(11(7)15)9-3-5-10(6-4-9)18(17)13-16/h3-6H,1H2,2H3. The van der Waals surface area contributed by atoms with Crippen LogP contribution < -0.4 is 5.01 Å². The summed E-state index contributed by atoms with van der Waals surface area (Å²) in [6, 6.07) is 6.02. The smallest absolute Gasteiger partial charge is 0.267 e. The Balaban J connectivity index is 2.31. The molecule has 0 fully saturated rings. The van der Waals surface area contributed by atoms with Gasteiger partial charge in [-0.3, -0.25) is 4.79 Å². The zero-order valence-electron chi connectivity index (χ0n) is 9.49. The molecule has 1 aromatic rings. The van der Waals surface area contributed by atoms with Crippen molar-refractivity contribution in [1.82, 2.24) is 0 Å². The summed E-state index contributed by atoms with van der Waals surface area (Å²) >= 11 is 0. The van der Waals surface area contributed by atoms with Crippen LogP contribution in [0.2, 0.25) is 0 Å². The highest BCUT2D eigenvalue weighted by molar-refractivity contribution is 7.83. The topological polar surface area (TPSA) is 79.2 Å². The van der Waals surface area contributed by atoms with Gasteiger partial charge in [0.15, 0.2) is 0 Å². The first-order valence-electron chi connectivity index (χ1n) is 4.99. The molecule has 7 heteroatoms. The number of anilines is 1. The van der Waals surface area contributed by atoms with Gasteiger partial charge in [-0.15, -0.1) is 4.91 Å². The summed E-state index contributed by atoms with van der Waals surface area (Å²) in [4.78, 5) is 22.2. The zero-order valence-corrected chi connectivity index (χ0v) is 10.3. The summed E-state index contributed by atoms with van der Waals surface area (Å²) < 4.78 is 13.5. The van der Waals surface area contributed by atoms with E-state index in [2.05, 4.69) is 16.3 Å². The van der Waals surface area contributed by atoms with E-state index in [9.17, 15) is 13.9 Å². The summed E-state index contributed by atoms with van der Waals surface area (Å²) in [6.45, 7) is 5.32. The Morgan fingerprint density at radius 1 is 1.33 bits per heavy atom. The lowest BCUT2D eigenvalue weighted by Gasteiger charge is -2.11. The maximum absolute atomic E-state index is 11.8. The van der Waals surface area contributed by atoms with Gasteiger partial charge in [0.25, 0.3) is 5.91 Å². The molecule has 2 rings (SSSR count). The second-order valence-electron chi connectivity index (χ2n) is 3.60. The molecule has 0 saturated heterocycles. The monoisotopic (exact) mass is 263 g/mol. The minimum absolute atomic E-state index is 0.278. The van der Waals surface area contributed by atoms with Gasteiger partial charge in [0, 0.05) is 4.58 Å². The first-order chi connectivity index (χ1) is 8.54. The van der Waals surface area contributed by atoms with Gasteiger partial charge >= 0.3 is 0 Å². The van der Waals surface area contributed by atoms with E-state index in [1.165, 1.54) is 17.1 Å². The first kappa shape index (κ1) is 12.3. The second kappa shape index (κ2) is 4.61. The van der Waals surface area contributed by atoms with Crippen LogP contribution in [0.3, 0.4) is 0 Å². The van der Waals surface area contributed by atoms with E-state index in [1.54, 1.807) is 19.1 Å². The van der Waals surface area contributed by atoms with Crippen LogP contribution in [0.4, 0.5) is 5.69 Å². The molecule has 0 spiro atoms. The van der Waals surface area contributed by atoms with Crippen LogP contribution >= 0.6 is 0 Å². The number of hydrogen-bond acceptors (Lipinski definition) is 4. The molecule has 1 aliphatic heterocycles. The van der Waals surface area contributed by atoms with Crippen LogP contribution in [-0.2, 0) is 15.8 Å². The molecular formula is C11H9N3O3S. The van der Waals surface area contributed by atoms with Gasteiger partial charge in [-0.05, 0) is 31.2 Å². The van der Waals surface area contributed by atoms with Crippen molar-refractivity contribution in [3.63, 3.8) is 0 Å². The van der Waals surface area contributed by atoms with Gasteiger partial charge in [-0.1, -0.05) is 6.58 Å². The van der Waals surface area contributed by atoms with Crippen LogP contribution in [0.25, 0.3) is 0 Å². The van der Waals surface area contributed by atoms with Gasteiger partial charge in [0.2, 0.25) is 11.0 Å². The number of amides is 1. The molecule has 92 valence electrons. The summed E-state index contributed by atoms with van der Waals surface area (Å²) in [5.74, 6) is -0.296. The van der Waals surface area contributed by atoms with Crippen molar-refractivity contribution in [3.05, 3.63) is 41.3 Å². The van der Waals surface area contributed by atoms with Crippen LogP contribution in [0.5, 0.6) is 0 Å². The van der Waals surface area contributed by atoms with E-state index in [1.807, 2.05) is 0 Å². The molecule has 1 amide bonds. The number of hydrogen-bond donors (Lipinski definition) is 0. The van der Waals surface area contributed by atoms with Gasteiger partial charge in [0.1, 0.15) is 0 Å². The van der Waals surface area contributed by atoms with Gasteiger partial charge in [-0.2, -0.15) is 10.1 Å². The average molecular weight is 263 g/mol. The van der Waals surface area contributed by atoms with Crippen molar-refractivity contribution in [2.45, 2.75) is 11.8 Å². The maximum Gasteiger partial charge on any atom is 0.280 e. The summed E-state index contributed by atoms with van der Waals surface area (Å²) in [5.41, 5.74) is 1.42. The Morgan fingerprint density at radius 3 is 2.39 bits per heavy atom. The number of hydrazone groups is 1. The third kappa shape index (κ3) is 2.00. The molecule has 1 aliphatic rings. The number of carbonyl (C=O) groups excluding carboxylic acids is 1. The normalized spacial score (nSPS) is 16.7. The number of carbonyl (C=O) groups is 1. The molecule has 1 unspecified atom stereocenters. The molecule has 18 heavy (non-hydrogen) atoms. The molecule has 0 N–H and O–H groups in total.